The van der Waals surface area contributed by atoms with Crippen LogP contribution in [-0.4, -0.2) is 57.1 Å². The molecule has 0 bridgehead atoms. The minimum atomic E-state index is -1.31. The van der Waals surface area contributed by atoms with Crippen LogP contribution in [0.5, 0.6) is 0 Å². The highest BCUT2D eigenvalue weighted by molar-refractivity contribution is 6.31. The Hall–Kier alpha value is -2.52. The summed E-state index contributed by atoms with van der Waals surface area (Å²) in [6, 6.07) is 1.67. The minimum Gasteiger partial charge on any atom is -0.309 e. The molecule has 1 aliphatic rings. The summed E-state index contributed by atoms with van der Waals surface area (Å²) in [5.74, 6) is -0.178. The van der Waals surface area contributed by atoms with E-state index in [1.54, 1.807) is 13.0 Å². The van der Waals surface area contributed by atoms with Gasteiger partial charge in [-0.05, 0) is 18.6 Å². The number of alkyl halides is 1. The van der Waals surface area contributed by atoms with Crippen molar-refractivity contribution in [1.29, 1.82) is 0 Å². The number of nitrogens with zero attached hydrogens (tertiary/aromatic N) is 5. The summed E-state index contributed by atoms with van der Waals surface area (Å²) in [6.45, 7) is 1.35. The topological polar surface area (TPSA) is 91.3 Å². The molecule has 2 atom stereocenters. The lowest BCUT2D eigenvalue weighted by Gasteiger charge is -2.24. The smallest absolute Gasteiger partial charge is 0.309 e. The zero-order valence-electron chi connectivity index (χ0n) is 14.8. The number of nitrogens with one attached hydrogen (secondary N) is 1. The molecule has 2 aromatic heterocycles. The van der Waals surface area contributed by atoms with E-state index in [1.165, 1.54) is 34.5 Å². The second-order valence-corrected chi connectivity index (χ2v) is 6.99. The normalized spacial score (nSPS) is 17.7. The second-order valence-electron chi connectivity index (χ2n) is 6.12. The van der Waals surface area contributed by atoms with E-state index in [9.17, 15) is 14.0 Å². The first-order chi connectivity index (χ1) is 13.4. The zero-order valence-corrected chi connectivity index (χ0v) is 16.4. The van der Waals surface area contributed by atoms with Crippen LogP contribution in [0.2, 0.25) is 10.0 Å². The highest BCUT2D eigenvalue weighted by Gasteiger charge is 2.43. The maximum atomic E-state index is 14.5. The third-order valence-corrected chi connectivity index (χ3v) is 4.64. The van der Waals surface area contributed by atoms with Gasteiger partial charge in [-0.1, -0.05) is 30.1 Å². The lowest BCUT2D eigenvalue weighted by atomic mass is 10.1. The van der Waals surface area contributed by atoms with Gasteiger partial charge in [0.15, 0.2) is 0 Å². The van der Waals surface area contributed by atoms with Gasteiger partial charge in [0.25, 0.3) is 0 Å². The summed E-state index contributed by atoms with van der Waals surface area (Å²) < 4.78 is 14.5. The first-order valence-corrected chi connectivity index (χ1v) is 9.25. The Labute approximate surface area is 170 Å². The molecule has 1 saturated heterocycles. The van der Waals surface area contributed by atoms with E-state index in [4.69, 9.17) is 23.2 Å². The number of carbonyl (C=O) groups is 2. The molecule has 0 aliphatic carbocycles. The van der Waals surface area contributed by atoms with Gasteiger partial charge in [0, 0.05) is 11.2 Å². The largest absolute Gasteiger partial charge is 0.327 e. The van der Waals surface area contributed by atoms with Crippen molar-refractivity contribution in [3.8, 4) is 0 Å². The SMILES string of the molecule is CC[C@H](F)[C@H]1CN(c2ncc(Cl)cn2)C(=O)N1CC(=O)Nc1cc(Cl)ccn1. The molecule has 1 fully saturated rings. The standard InChI is InChI=1S/C17H17Cl2FN6O2/c1-2-12(20)13-8-26(16-22-6-11(19)7-23-16)17(28)25(13)9-15(27)24-14-5-10(18)3-4-21-14/h3-7,12-13H,2,8-9H2,1H3,(H,21,24,27)/t12-,13+/m0/s1. The molecule has 148 valence electrons. The van der Waals surface area contributed by atoms with Crippen LogP contribution >= 0.6 is 23.2 Å². The first kappa shape index (κ1) is 20.2. The monoisotopic (exact) mass is 426 g/mol. The Balaban J connectivity index is 1.77. The third-order valence-electron chi connectivity index (χ3n) is 4.21. The van der Waals surface area contributed by atoms with E-state index >= 15 is 0 Å². The molecule has 3 amide bonds. The van der Waals surface area contributed by atoms with E-state index in [0.717, 1.165) is 0 Å². The predicted molar refractivity (Wildman–Crippen MR) is 103 cm³/mol. The Morgan fingerprint density at radius 3 is 2.68 bits per heavy atom. The molecular formula is C17H17Cl2FN6O2. The van der Waals surface area contributed by atoms with Crippen molar-refractivity contribution in [3.63, 3.8) is 0 Å². The van der Waals surface area contributed by atoms with Crippen LogP contribution in [0.4, 0.5) is 21.0 Å². The van der Waals surface area contributed by atoms with Crippen molar-refractivity contribution in [3.05, 3.63) is 40.8 Å². The highest BCUT2D eigenvalue weighted by Crippen LogP contribution is 2.25. The molecule has 1 aliphatic heterocycles. The molecule has 3 heterocycles. The summed E-state index contributed by atoms with van der Waals surface area (Å²) in [4.78, 5) is 39.6. The van der Waals surface area contributed by atoms with Gasteiger partial charge in [0.05, 0.1) is 30.0 Å². The number of hydrogen-bond donors (Lipinski definition) is 1. The molecule has 11 heteroatoms. The molecule has 0 radical (unpaired) electrons. The van der Waals surface area contributed by atoms with Crippen LogP contribution in [0, 0.1) is 0 Å². The molecule has 0 saturated carbocycles. The molecule has 1 N–H and O–H groups in total. The molecule has 0 aromatic carbocycles. The molecule has 3 rings (SSSR count). The van der Waals surface area contributed by atoms with E-state index in [0.29, 0.717) is 10.0 Å². The number of urea groups is 1. The summed E-state index contributed by atoms with van der Waals surface area (Å²) in [6.07, 6.45) is 3.02. The van der Waals surface area contributed by atoms with Gasteiger partial charge in [-0.25, -0.2) is 24.1 Å². The predicted octanol–water partition coefficient (Wildman–Crippen LogP) is 3.18. The maximum Gasteiger partial charge on any atom is 0.327 e. The van der Waals surface area contributed by atoms with Gasteiger partial charge >= 0.3 is 6.03 Å². The van der Waals surface area contributed by atoms with Gasteiger partial charge in [0.1, 0.15) is 18.5 Å². The summed E-state index contributed by atoms with van der Waals surface area (Å²) >= 11 is 11.6. The second kappa shape index (κ2) is 8.66. The average molecular weight is 427 g/mol. The summed E-state index contributed by atoms with van der Waals surface area (Å²) in [7, 11) is 0. The van der Waals surface area contributed by atoms with E-state index in [2.05, 4.69) is 20.3 Å². The van der Waals surface area contributed by atoms with Crippen molar-refractivity contribution in [2.45, 2.75) is 25.6 Å². The fourth-order valence-electron chi connectivity index (χ4n) is 2.85. The van der Waals surface area contributed by atoms with Gasteiger partial charge in [-0.3, -0.25) is 9.69 Å². The van der Waals surface area contributed by atoms with Crippen LogP contribution < -0.4 is 10.2 Å². The quantitative estimate of drug-likeness (QED) is 0.765. The molecular weight excluding hydrogens is 410 g/mol. The van der Waals surface area contributed by atoms with Crippen molar-refractivity contribution in [2.24, 2.45) is 0 Å². The van der Waals surface area contributed by atoms with Crippen molar-refractivity contribution in [2.75, 3.05) is 23.3 Å². The molecule has 0 spiro atoms. The lowest BCUT2D eigenvalue weighted by molar-refractivity contribution is -0.117. The van der Waals surface area contributed by atoms with E-state index in [1.807, 2.05) is 0 Å². The van der Waals surface area contributed by atoms with Crippen LogP contribution in [0.25, 0.3) is 0 Å². The zero-order chi connectivity index (χ0) is 20.3. The molecule has 0 unspecified atom stereocenters. The molecule has 28 heavy (non-hydrogen) atoms. The Kier molecular flexibility index (Phi) is 6.25. The number of rotatable bonds is 6. The van der Waals surface area contributed by atoms with Gasteiger partial charge in [0.2, 0.25) is 11.9 Å². The van der Waals surface area contributed by atoms with Gasteiger partial charge in [-0.2, -0.15) is 0 Å². The molecule has 8 nitrogen and oxygen atoms in total. The Bertz CT molecular complexity index is 869. The first-order valence-electron chi connectivity index (χ1n) is 8.50. The number of anilines is 2. The fraction of sp³-hybridized carbons (Fsp3) is 0.353. The van der Waals surface area contributed by atoms with Crippen LogP contribution in [0.1, 0.15) is 13.3 Å². The number of pyridine rings is 1. The van der Waals surface area contributed by atoms with Crippen molar-refractivity contribution in [1.82, 2.24) is 19.9 Å². The van der Waals surface area contributed by atoms with E-state index in [-0.39, 0.29) is 31.3 Å². The Morgan fingerprint density at radius 2 is 2.04 bits per heavy atom. The highest BCUT2D eigenvalue weighted by atomic mass is 35.5. The van der Waals surface area contributed by atoms with Crippen molar-refractivity contribution < 1.29 is 14.0 Å². The number of amides is 3. The summed E-state index contributed by atoms with van der Waals surface area (Å²) in [5.41, 5.74) is 0. The minimum absolute atomic E-state index is 0.0260. The van der Waals surface area contributed by atoms with Crippen LogP contribution in [0.15, 0.2) is 30.7 Å². The fourth-order valence-corrected chi connectivity index (χ4v) is 3.11. The number of carbonyl (C=O) groups excluding carboxylic acids is 2. The third kappa shape index (κ3) is 4.48. The number of hydrogen-bond acceptors (Lipinski definition) is 5. The summed E-state index contributed by atoms with van der Waals surface area (Å²) in [5, 5.41) is 3.27. The number of halogens is 3. The van der Waals surface area contributed by atoms with Crippen LogP contribution in [-0.2, 0) is 4.79 Å². The average Bonchev–Trinajstić information content (AvgIpc) is 2.98. The van der Waals surface area contributed by atoms with Crippen LogP contribution in [0.3, 0.4) is 0 Å². The number of aromatic nitrogens is 3. The van der Waals surface area contributed by atoms with Gasteiger partial charge < -0.3 is 10.2 Å². The van der Waals surface area contributed by atoms with Gasteiger partial charge in [-0.15, -0.1) is 0 Å². The maximum absolute atomic E-state index is 14.5. The Morgan fingerprint density at radius 1 is 1.32 bits per heavy atom. The van der Waals surface area contributed by atoms with Crippen molar-refractivity contribution >= 4 is 46.9 Å². The van der Waals surface area contributed by atoms with E-state index < -0.39 is 24.2 Å². The lowest BCUT2D eigenvalue weighted by Crippen LogP contribution is -2.44. The molecule has 2 aromatic rings.